The van der Waals surface area contributed by atoms with Crippen LogP contribution in [-0.2, 0) is 4.79 Å². The highest BCUT2D eigenvalue weighted by Gasteiger charge is 2.33. The van der Waals surface area contributed by atoms with Crippen LogP contribution in [0.5, 0.6) is 0 Å². The van der Waals surface area contributed by atoms with Crippen molar-refractivity contribution in [2.45, 2.75) is 19.8 Å². The van der Waals surface area contributed by atoms with Gasteiger partial charge in [-0.2, -0.15) is 0 Å². The molecule has 3 atom stereocenters. The molecule has 2 rings (SSSR count). The topological polar surface area (TPSA) is 46.3 Å². The third kappa shape index (κ3) is 3.48. The van der Waals surface area contributed by atoms with Crippen molar-refractivity contribution < 1.29 is 4.79 Å². The minimum absolute atomic E-state index is 0. The lowest BCUT2D eigenvalue weighted by atomic mass is 9.98. The number of benzene rings is 1. The van der Waals surface area contributed by atoms with Gasteiger partial charge in [0.2, 0.25) is 5.91 Å². The third-order valence-corrected chi connectivity index (χ3v) is 4.04. The monoisotopic (exact) mass is 282 g/mol. The summed E-state index contributed by atoms with van der Waals surface area (Å²) in [5.41, 5.74) is 6.82. The van der Waals surface area contributed by atoms with Crippen LogP contribution >= 0.6 is 12.4 Å². The maximum Gasteiger partial charge on any atom is 0.231 e. The Hall–Kier alpha value is -1.06. The molecule has 1 aliphatic rings. The number of halogens is 1. The van der Waals surface area contributed by atoms with E-state index in [4.69, 9.17) is 5.73 Å². The van der Waals surface area contributed by atoms with Crippen LogP contribution in [0.2, 0.25) is 0 Å². The number of carbonyl (C=O) groups excluding carboxylic acids is 1. The molecule has 19 heavy (non-hydrogen) atoms. The summed E-state index contributed by atoms with van der Waals surface area (Å²) in [4.78, 5) is 14.5. The van der Waals surface area contributed by atoms with Gasteiger partial charge in [0.25, 0.3) is 0 Å². The molecular formula is C15H23ClN2O. The Balaban J connectivity index is 0.00000180. The number of hydrogen-bond acceptors (Lipinski definition) is 2. The Morgan fingerprint density at radius 3 is 2.26 bits per heavy atom. The summed E-state index contributed by atoms with van der Waals surface area (Å²) < 4.78 is 0. The second kappa shape index (κ2) is 6.92. The van der Waals surface area contributed by atoms with Crippen molar-refractivity contribution in [3.8, 4) is 0 Å². The zero-order valence-corrected chi connectivity index (χ0v) is 12.4. The fraction of sp³-hybridized carbons (Fsp3) is 0.533. The van der Waals surface area contributed by atoms with E-state index < -0.39 is 0 Å². The zero-order valence-electron chi connectivity index (χ0n) is 11.6. The molecule has 0 spiro atoms. The van der Waals surface area contributed by atoms with E-state index in [0.29, 0.717) is 18.4 Å². The molecule has 1 aromatic rings. The summed E-state index contributed by atoms with van der Waals surface area (Å²) in [6.45, 7) is 6.52. The molecule has 1 aliphatic heterocycles. The predicted octanol–water partition coefficient (Wildman–Crippen LogP) is 2.27. The lowest BCUT2D eigenvalue weighted by Crippen LogP contribution is -2.36. The second-order valence-electron chi connectivity index (χ2n) is 5.40. The van der Waals surface area contributed by atoms with E-state index in [2.05, 4.69) is 13.8 Å². The normalized spacial score (nSPS) is 23.8. The Labute approximate surface area is 121 Å². The van der Waals surface area contributed by atoms with Crippen molar-refractivity contribution in [3.05, 3.63) is 35.9 Å². The quantitative estimate of drug-likeness (QED) is 0.924. The summed E-state index contributed by atoms with van der Waals surface area (Å²) in [5, 5.41) is 0. The molecule has 3 nitrogen and oxygen atoms in total. The Bertz CT molecular complexity index is 400. The maximum atomic E-state index is 12.5. The molecule has 0 saturated carbocycles. The molecule has 1 aromatic carbocycles. The van der Waals surface area contributed by atoms with Gasteiger partial charge >= 0.3 is 0 Å². The van der Waals surface area contributed by atoms with Crippen molar-refractivity contribution in [2.75, 3.05) is 19.6 Å². The van der Waals surface area contributed by atoms with Crippen molar-refractivity contribution >= 4 is 18.3 Å². The van der Waals surface area contributed by atoms with Crippen molar-refractivity contribution in [3.63, 3.8) is 0 Å². The molecule has 2 N–H and O–H groups in total. The SMILES string of the molecule is CC1CN(C(=O)C(CN)c2ccccc2)CC1C.Cl. The molecule has 0 bridgehead atoms. The first kappa shape index (κ1) is 16.0. The van der Waals surface area contributed by atoms with Gasteiger partial charge in [-0.25, -0.2) is 0 Å². The smallest absolute Gasteiger partial charge is 0.231 e. The standard InChI is InChI=1S/C15H22N2O.ClH/c1-11-9-17(10-12(11)2)15(18)14(8-16)13-6-4-3-5-7-13;/h3-7,11-12,14H,8-10,16H2,1-2H3;1H. The van der Waals surface area contributed by atoms with Crippen molar-refractivity contribution in [1.29, 1.82) is 0 Å². The van der Waals surface area contributed by atoms with Gasteiger partial charge < -0.3 is 10.6 Å². The molecule has 106 valence electrons. The molecule has 1 heterocycles. The van der Waals surface area contributed by atoms with Crippen LogP contribution in [0.1, 0.15) is 25.3 Å². The lowest BCUT2D eigenvalue weighted by Gasteiger charge is -2.22. The number of nitrogens with zero attached hydrogens (tertiary/aromatic N) is 1. The van der Waals surface area contributed by atoms with Gasteiger partial charge in [0.1, 0.15) is 0 Å². The third-order valence-electron chi connectivity index (χ3n) is 4.04. The Morgan fingerprint density at radius 1 is 1.26 bits per heavy atom. The summed E-state index contributed by atoms with van der Waals surface area (Å²) >= 11 is 0. The van der Waals surface area contributed by atoms with Crippen LogP contribution in [0.15, 0.2) is 30.3 Å². The number of carbonyl (C=O) groups is 1. The average Bonchev–Trinajstić information content (AvgIpc) is 2.72. The molecule has 1 saturated heterocycles. The maximum absolute atomic E-state index is 12.5. The number of likely N-dealkylation sites (tertiary alicyclic amines) is 1. The molecule has 3 unspecified atom stereocenters. The first-order chi connectivity index (χ1) is 8.63. The molecule has 4 heteroatoms. The minimum atomic E-state index is -0.191. The Kier molecular flexibility index (Phi) is 5.83. The van der Waals surface area contributed by atoms with E-state index in [9.17, 15) is 4.79 Å². The molecule has 0 radical (unpaired) electrons. The van der Waals surface area contributed by atoms with Crippen LogP contribution in [-0.4, -0.2) is 30.4 Å². The predicted molar refractivity (Wildman–Crippen MR) is 80.4 cm³/mol. The number of rotatable bonds is 3. The first-order valence-electron chi connectivity index (χ1n) is 6.67. The van der Waals surface area contributed by atoms with Crippen LogP contribution in [0, 0.1) is 11.8 Å². The van der Waals surface area contributed by atoms with Gasteiger partial charge in [0.05, 0.1) is 5.92 Å². The summed E-state index contributed by atoms with van der Waals surface area (Å²) in [6.07, 6.45) is 0. The van der Waals surface area contributed by atoms with E-state index >= 15 is 0 Å². The highest BCUT2D eigenvalue weighted by molar-refractivity contribution is 5.85. The zero-order chi connectivity index (χ0) is 13.1. The van der Waals surface area contributed by atoms with Crippen LogP contribution in [0.4, 0.5) is 0 Å². The van der Waals surface area contributed by atoms with Gasteiger partial charge in [-0.3, -0.25) is 4.79 Å². The number of nitrogens with two attached hydrogens (primary N) is 1. The molecule has 1 amide bonds. The van der Waals surface area contributed by atoms with E-state index in [1.54, 1.807) is 0 Å². The summed E-state index contributed by atoms with van der Waals surface area (Å²) in [7, 11) is 0. The second-order valence-corrected chi connectivity index (χ2v) is 5.40. The lowest BCUT2D eigenvalue weighted by molar-refractivity contribution is -0.131. The van der Waals surface area contributed by atoms with Gasteiger partial charge in [0.15, 0.2) is 0 Å². The van der Waals surface area contributed by atoms with Crippen molar-refractivity contribution in [1.82, 2.24) is 4.90 Å². The van der Waals surface area contributed by atoms with Crippen molar-refractivity contribution in [2.24, 2.45) is 17.6 Å². The van der Waals surface area contributed by atoms with Gasteiger partial charge in [0, 0.05) is 19.6 Å². The number of amides is 1. The largest absolute Gasteiger partial charge is 0.342 e. The van der Waals surface area contributed by atoms with Crippen LogP contribution in [0.3, 0.4) is 0 Å². The molecule has 1 fully saturated rings. The first-order valence-corrected chi connectivity index (χ1v) is 6.67. The van der Waals surface area contributed by atoms with Gasteiger partial charge in [-0.1, -0.05) is 44.2 Å². The van der Waals surface area contributed by atoms with Crippen LogP contribution in [0.25, 0.3) is 0 Å². The highest BCUT2D eigenvalue weighted by atomic mass is 35.5. The molecule has 0 aromatic heterocycles. The van der Waals surface area contributed by atoms with Gasteiger partial charge in [-0.05, 0) is 17.4 Å². The van der Waals surface area contributed by atoms with Crippen LogP contribution < -0.4 is 5.73 Å². The fourth-order valence-electron chi connectivity index (χ4n) is 2.59. The average molecular weight is 283 g/mol. The molecule has 0 aliphatic carbocycles. The van der Waals surface area contributed by atoms with E-state index in [-0.39, 0.29) is 24.2 Å². The minimum Gasteiger partial charge on any atom is -0.342 e. The summed E-state index contributed by atoms with van der Waals surface area (Å²) in [6, 6.07) is 9.85. The molecular weight excluding hydrogens is 260 g/mol. The fourth-order valence-corrected chi connectivity index (χ4v) is 2.59. The van der Waals surface area contributed by atoms with E-state index in [0.717, 1.165) is 18.7 Å². The number of hydrogen-bond donors (Lipinski definition) is 1. The van der Waals surface area contributed by atoms with E-state index in [1.165, 1.54) is 0 Å². The Morgan fingerprint density at radius 2 is 1.79 bits per heavy atom. The van der Waals surface area contributed by atoms with Gasteiger partial charge in [-0.15, -0.1) is 12.4 Å². The summed E-state index contributed by atoms with van der Waals surface area (Å²) in [5.74, 6) is 1.16. The highest BCUT2D eigenvalue weighted by Crippen LogP contribution is 2.26. The van der Waals surface area contributed by atoms with E-state index in [1.807, 2.05) is 35.2 Å².